The van der Waals surface area contributed by atoms with Crippen LogP contribution >= 0.6 is 11.6 Å². The third-order valence-electron chi connectivity index (χ3n) is 4.51. The maximum atomic E-state index is 5.94. The van der Waals surface area contributed by atoms with Gasteiger partial charge in [-0.25, -0.2) is 0 Å². The summed E-state index contributed by atoms with van der Waals surface area (Å²) in [5.41, 5.74) is 1.33. The summed E-state index contributed by atoms with van der Waals surface area (Å²) in [7, 11) is 0. The van der Waals surface area contributed by atoms with Gasteiger partial charge in [0.1, 0.15) is 0 Å². The third-order valence-corrected chi connectivity index (χ3v) is 4.77. The van der Waals surface area contributed by atoms with E-state index in [-0.39, 0.29) is 0 Å². The van der Waals surface area contributed by atoms with E-state index >= 15 is 0 Å². The SMILES string of the molecule is CC(C)C1CCCC(N[C@@H](C)c2ccc(Cl)cc2)C1. The molecule has 2 heteroatoms. The molecule has 0 aromatic heterocycles. The fourth-order valence-corrected chi connectivity index (χ4v) is 3.31. The summed E-state index contributed by atoms with van der Waals surface area (Å²) in [4.78, 5) is 0. The Balaban J connectivity index is 1.91. The first-order chi connectivity index (χ1) is 9.06. The van der Waals surface area contributed by atoms with Gasteiger partial charge in [0.15, 0.2) is 0 Å². The molecule has 0 heterocycles. The van der Waals surface area contributed by atoms with Crippen LogP contribution in [0.25, 0.3) is 0 Å². The maximum Gasteiger partial charge on any atom is 0.0406 e. The molecule has 1 aliphatic carbocycles. The van der Waals surface area contributed by atoms with Crippen LogP contribution in [0.1, 0.15) is 58.1 Å². The topological polar surface area (TPSA) is 12.0 Å². The number of halogens is 1. The normalized spacial score (nSPS) is 25.5. The van der Waals surface area contributed by atoms with Gasteiger partial charge in [-0.1, -0.05) is 50.4 Å². The molecule has 0 saturated heterocycles. The third kappa shape index (κ3) is 4.22. The van der Waals surface area contributed by atoms with E-state index in [2.05, 4.69) is 38.2 Å². The van der Waals surface area contributed by atoms with Crippen molar-refractivity contribution in [1.29, 1.82) is 0 Å². The van der Waals surface area contributed by atoms with Gasteiger partial charge in [-0.3, -0.25) is 0 Å². The molecule has 2 rings (SSSR count). The van der Waals surface area contributed by atoms with Gasteiger partial charge in [-0.15, -0.1) is 0 Å². The molecular formula is C17H26ClN. The Hall–Kier alpha value is -0.530. The van der Waals surface area contributed by atoms with Crippen molar-refractivity contribution in [1.82, 2.24) is 5.32 Å². The fourth-order valence-electron chi connectivity index (χ4n) is 3.19. The predicted molar refractivity (Wildman–Crippen MR) is 83.6 cm³/mol. The van der Waals surface area contributed by atoms with Crippen LogP contribution in [0.15, 0.2) is 24.3 Å². The molecule has 1 aromatic carbocycles. The second-order valence-electron chi connectivity index (χ2n) is 6.31. The fraction of sp³-hybridized carbons (Fsp3) is 0.647. The van der Waals surface area contributed by atoms with Gasteiger partial charge in [0.05, 0.1) is 0 Å². The molecular weight excluding hydrogens is 254 g/mol. The first-order valence-corrected chi connectivity index (χ1v) is 7.95. The molecule has 2 unspecified atom stereocenters. The van der Waals surface area contributed by atoms with Crippen LogP contribution in [0.4, 0.5) is 0 Å². The molecule has 0 amide bonds. The summed E-state index contributed by atoms with van der Waals surface area (Å²) in [5.74, 6) is 1.71. The van der Waals surface area contributed by atoms with Crippen molar-refractivity contribution in [3.63, 3.8) is 0 Å². The summed E-state index contributed by atoms with van der Waals surface area (Å²) >= 11 is 5.94. The van der Waals surface area contributed by atoms with Crippen LogP contribution in [-0.4, -0.2) is 6.04 Å². The molecule has 0 aliphatic heterocycles. The Kier molecular flexibility index (Phi) is 5.29. The quantitative estimate of drug-likeness (QED) is 0.798. The molecule has 1 aliphatic rings. The maximum absolute atomic E-state index is 5.94. The lowest BCUT2D eigenvalue weighted by molar-refractivity contribution is 0.223. The molecule has 1 N–H and O–H groups in total. The minimum Gasteiger partial charge on any atom is -0.307 e. The number of rotatable bonds is 4. The Morgan fingerprint density at radius 1 is 1.11 bits per heavy atom. The molecule has 1 nitrogen and oxygen atoms in total. The summed E-state index contributed by atoms with van der Waals surface area (Å²) in [6, 6.07) is 9.30. The smallest absolute Gasteiger partial charge is 0.0406 e. The molecule has 0 spiro atoms. The van der Waals surface area contributed by atoms with Crippen LogP contribution < -0.4 is 5.32 Å². The number of hydrogen-bond donors (Lipinski definition) is 1. The highest BCUT2D eigenvalue weighted by Crippen LogP contribution is 2.31. The van der Waals surface area contributed by atoms with Crippen molar-refractivity contribution in [2.24, 2.45) is 11.8 Å². The van der Waals surface area contributed by atoms with Gasteiger partial charge in [-0.2, -0.15) is 0 Å². The highest BCUT2D eigenvalue weighted by atomic mass is 35.5. The summed E-state index contributed by atoms with van der Waals surface area (Å²) in [6.45, 7) is 6.97. The van der Waals surface area contributed by atoms with Crippen LogP contribution in [-0.2, 0) is 0 Å². The molecule has 1 fully saturated rings. The van der Waals surface area contributed by atoms with E-state index in [1.807, 2.05) is 12.1 Å². The minimum atomic E-state index is 0.410. The average molecular weight is 280 g/mol. The minimum absolute atomic E-state index is 0.410. The molecule has 1 saturated carbocycles. The number of nitrogens with one attached hydrogen (secondary N) is 1. The zero-order valence-electron chi connectivity index (χ0n) is 12.3. The Morgan fingerprint density at radius 2 is 1.79 bits per heavy atom. The monoisotopic (exact) mass is 279 g/mol. The van der Waals surface area contributed by atoms with Crippen molar-refractivity contribution < 1.29 is 0 Å². The second kappa shape index (κ2) is 6.76. The molecule has 0 bridgehead atoms. The number of benzene rings is 1. The van der Waals surface area contributed by atoms with E-state index < -0.39 is 0 Å². The van der Waals surface area contributed by atoms with E-state index in [0.717, 1.165) is 16.9 Å². The van der Waals surface area contributed by atoms with Crippen LogP contribution in [0.3, 0.4) is 0 Å². The van der Waals surface area contributed by atoms with Crippen LogP contribution in [0.2, 0.25) is 5.02 Å². The van der Waals surface area contributed by atoms with E-state index in [0.29, 0.717) is 12.1 Å². The van der Waals surface area contributed by atoms with Crippen molar-refractivity contribution in [3.8, 4) is 0 Å². The largest absolute Gasteiger partial charge is 0.307 e. The first-order valence-electron chi connectivity index (χ1n) is 7.57. The summed E-state index contributed by atoms with van der Waals surface area (Å²) in [6.07, 6.45) is 5.43. The van der Waals surface area contributed by atoms with Crippen LogP contribution in [0.5, 0.6) is 0 Å². The second-order valence-corrected chi connectivity index (χ2v) is 6.74. The lowest BCUT2D eigenvalue weighted by Gasteiger charge is -2.34. The standard InChI is InChI=1S/C17H26ClN/c1-12(2)15-5-4-6-17(11-15)19-13(3)14-7-9-16(18)10-8-14/h7-10,12-13,15,17,19H,4-6,11H2,1-3H3/t13-,15?,17?/m0/s1. The lowest BCUT2D eigenvalue weighted by Crippen LogP contribution is -2.37. The van der Waals surface area contributed by atoms with Crippen molar-refractivity contribution in [3.05, 3.63) is 34.9 Å². The Labute approximate surface area is 122 Å². The van der Waals surface area contributed by atoms with Gasteiger partial charge < -0.3 is 5.32 Å². The lowest BCUT2D eigenvalue weighted by atomic mass is 9.79. The molecule has 1 aromatic rings. The Morgan fingerprint density at radius 3 is 2.42 bits per heavy atom. The molecule has 106 valence electrons. The average Bonchev–Trinajstić information content (AvgIpc) is 2.39. The molecule has 0 radical (unpaired) electrons. The van der Waals surface area contributed by atoms with Gasteiger partial charge >= 0.3 is 0 Å². The van der Waals surface area contributed by atoms with E-state index in [1.165, 1.54) is 31.2 Å². The van der Waals surface area contributed by atoms with E-state index in [9.17, 15) is 0 Å². The van der Waals surface area contributed by atoms with E-state index in [1.54, 1.807) is 0 Å². The van der Waals surface area contributed by atoms with Crippen molar-refractivity contribution in [2.75, 3.05) is 0 Å². The van der Waals surface area contributed by atoms with E-state index in [4.69, 9.17) is 11.6 Å². The van der Waals surface area contributed by atoms with Crippen LogP contribution in [0, 0.1) is 11.8 Å². The Bertz CT molecular complexity index is 385. The van der Waals surface area contributed by atoms with Gasteiger partial charge in [0.2, 0.25) is 0 Å². The highest BCUT2D eigenvalue weighted by molar-refractivity contribution is 6.30. The zero-order valence-corrected chi connectivity index (χ0v) is 13.1. The zero-order chi connectivity index (χ0) is 13.8. The molecule has 19 heavy (non-hydrogen) atoms. The van der Waals surface area contributed by atoms with Gasteiger partial charge in [0.25, 0.3) is 0 Å². The number of hydrogen-bond acceptors (Lipinski definition) is 1. The summed E-state index contributed by atoms with van der Waals surface area (Å²) in [5, 5.41) is 4.61. The molecule has 3 atom stereocenters. The van der Waals surface area contributed by atoms with Gasteiger partial charge in [-0.05, 0) is 49.3 Å². The first kappa shape index (κ1) is 14.9. The summed E-state index contributed by atoms with van der Waals surface area (Å²) < 4.78 is 0. The predicted octanol–water partition coefficient (Wildman–Crippen LogP) is 5.21. The highest BCUT2D eigenvalue weighted by Gasteiger charge is 2.25. The van der Waals surface area contributed by atoms with Gasteiger partial charge in [0, 0.05) is 17.1 Å². The van der Waals surface area contributed by atoms with Crippen molar-refractivity contribution in [2.45, 2.75) is 58.5 Å². The van der Waals surface area contributed by atoms with Crippen molar-refractivity contribution >= 4 is 11.6 Å².